The molecule has 0 aliphatic heterocycles. The Morgan fingerprint density at radius 3 is 3.00 bits per heavy atom. The Bertz CT molecular complexity index is 622. The van der Waals surface area contributed by atoms with Crippen molar-refractivity contribution in [3.8, 4) is 0 Å². The molecular weight excluding hydrogens is 252 g/mol. The van der Waals surface area contributed by atoms with E-state index in [4.69, 9.17) is 10.2 Å². The van der Waals surface area contributed by atoms with E-state index in [1.807, 2.05) is 0 Å². The van der Waals surface area contributed by atoms with Crippen LogP contribution in [0.15, 0.2) is 22.6 Å². The van der Waals surface area contributed by atoms with Crippen LogP contribution in [0.5, 0.6) is 0 Å². The molecule has 1 aromatic carbocycles. The third-order valence-corrected chi connectivity index (χ3v) is 2.47. The fourth-order valence-electron chi connectivity index (χ4n) is 1.61. The van der Waals surface area contributed by atoms with Crippen molar-refractivity contribution in [1.29, 1.82) is 0 Å². The number of nitrogens with zero attached hydrogens (tertiary/aromatic N) is 2. The number of primary amides is 1. The van der Waals surface area contributed by atoms with Gasteiger partial charge in [-0.05, 0) is 12.5 Å². The molecule has 0 saturated carbocycles. The molecular formula is C11H12N4O4. The number of nitro benzene ring substituents is 1. The van der Waals surface area contributed by atoms with Gasteiger partial charge in [-0.15, -0.1) is 0 Å². The lowest BCUT2D eigenvalue weighted by atomic mass is 10.3. The van der Waals surface area contributed by atoms with E-state index in [1.165, 1.54) is 12.1 Å². The van der Waals surface area contributed by atoms with Crippen molar-refractivity contribution in [2.24, 2.45) is 5.73 Å². The number of hydrogen-bond acceptors (Lipinski definition) is 6. The normalized spacial score (nSPS) is 10.5. The van der Waals surface area contributed by atoms with Gasteiger partial charge in [-0.1, -0.05) is 6.07 Å². The second-order valence-electron chi connectivity index (χ2n) is 3.90. The molecule has 0 spiro atoms. The van der Waals surface area contributed by atoms with Crippen molar-refractivity contribution in [1.82, 2.24) is 4.98 Å². The molecule has 0 unspecified atom stereocenters. The summed E-state index contributed by atoms with van der Waals surface area (Å²) in [5.74, 6) is -0.380. The Kier molecular flexibility index (Phi) is 3.60. The zero-order chi connectivity index (χ0) is 13.8. The van der Waals surface area contributed by atoms with Crippen molar-refractivity contribution < 1.29 is 14.1 Å². The molecule has 0 bridgehead atoms. The molecule has 2 aromatic rings. The summed E-state index contributed by atoms with van der Waals surface area (Å²) in [6.45, 7) is 0.448. The fraction of sp³-hybridized carbons (Fsp3) is 0.273. The van der Waals surface area contributed by atoms with Gasteiger partial charge in [0.05, 0.1) is 4.92 Å². The van der Waals surface area contributed by atoms with Crippen LogP contribution in [-0.2, 0) is 4.79 Å². The van der Waals surface area contributed by atoms with Crippen LogP contribution in [0.25, 0.3) is 11.1 Å². The van der Waals surface area contributed by atoms with E-state index in [1.54, 1.807) is 6.07 Å². The second-order valence-corrected chi connectivity index (χ2v) is 3.90. The highest BCUT2D eigenvalue weighted by atomic mass is 16.6. The van der Waals surface area contributed by atoms with Crippen LogP contribution in [0.2, 0.25) is 0 Å². The largest absolute Gasteiger partial charge is 0.423 e. The first kappa shape index (κ1) is 12.8. The number of benzene rings is 1. The number of carbonyl (C=O) groups excluding carboxylic acids is 1. The predicted octanol–water partition coefficient (Wildman–Crippen LogP) is 1.41. The van der Waals surface area contributed by atoms with Gasteiger partial charge in [0.15, 0.2) is 11.1 Å². The van der Waals surface area contributed by atoms with Gasteiger partial charge in [0.25, 0.3) is 11.7 Å². The summed E-state index contributed by atoms with van der Waals surface area (Å²) in [6.07, 6.45) is 0.795. The average molecular weight is 264 g/mol. The summed E-state index contributed by atoms with van der Waals surface area (Å²) < 4.78 is 5.32. The number of anilines is 1. The number of oxazole rings is 1. The van der Waals surface area contributed by atoms with E-state index in [-0.39, 0.29) is 29.5 Å². The number of para-hydroxylation sites is 1. The number of amides is 1. The molecule has 0 fully saturated rings. The topological polar surface area (TPSA) is 124 Å². The number of fused-ring (bicyclic) bond motifs is 1. The minimum Gasteiger partial charge on any atom is -0.423 e. The van der Waals surface area contributed by atoms with Gasteiger partial charge >= 0.3 is 0 Å². The van der Waals surface area contributed by atoms with Crippen LogP contribution in [0, 0.1) is 10.1 Å². The first-order chi connectivity index (χ1) is 9.08. The number of nitro groups is 1. The highest BCUT2D eigenvalue weighted by Crippen LogP contribution is 2.27. The van der Waals surface area contributed by atoms with Crippen molar-refractivity contribution >= 4 is 28.7 Å². The number of nitrogens with two attached hydrogens (primary N) is 1. The fourth-order valence-corrected chi connectivity index (χ4v) is 1.61. The van der Waals surface area contributed by atoms with Crippen LogP contribution in [-0.4, -0.2) is 22.4 Å². The Balaban J connectivity index is 2.11. The molecule has 1 aromatic heterocycles. The monoisotopic (exact) mass is 264 g/mol. The summed E-state index contributed by atoms with van der Waals surface area (Å²) in [4.78, 5) is 24.9. The van der Waals surface area contributed by atoms with Gasteiger partial charge in [-0.2, -0.15) is 4.98 Å². The Morgan fingerprint density at radius 1 is 1.53 bits per heavy atom. The molecule has 8 nitrogen and oxygen atoms in total. The van der Waals surface area contributed by atoms with Crippen LogP contribution in [0.4, 0.5) is 11.7 Å². The van der Waals surface area contributed by atoms with Gasteiger partial charge < -0.3 is 15.5 Å². The van der Waals surface area contributed by atoms with Gasteiger partial charge in [0, 0.05) is 19.0 Å². The quantitative estimate of drug-likeness (QED) is 0.461. The molecule has 0 aliphatic rings. The van der Waals surface area contributed by atoms with Crippen LogP contribution in [0.1, 0.15) is 12.8 Å². The maximum atomic E-state index is 10.8. The summed E-state index contributed by atoms with van der Waals surface area (Å²) >= 11 is 0. The molecule has 1 amide bonds. The number of carbonyl (C=O) groups is 1. The summed E-state index contributed by atoms with van der Waals surface area (Å²) in [5.41, 5.74) is 5.44. The maximum absolute atomic E-state index is 10.8. The van der Waals surface area contributed by atoms with Crippen molar-refractivity contribution in [2.75, 3.05) is 11.9 Å². The molecule has 0 saturated heterocycles. The number of non-ortho nitro benzene ring substituents is 1. The molecule has 3 N–H and O–H groups in total. The highest BCUT2D eigenvalue weighted by molar-refractivity contribution is 5.84. The lowest BCUT2D eigenvalue weighted by Gasteiger charge is -1.98. The standard InChI is InChI=1S/C11H12N4O4/c12-9(16)5-2-6-13-11-14-10-7(15(17)18)3-1-4-8(10)19-11/h1,3-4H,2,5-6H2,(H2,12,16)(H,13,14). The SMILES string of the molecule is NC(=O)CCCNc1nc2c([N+](=O)[O-])cccc2o1. The first-order valence-corrected chi connectivity index (χ1v) is 5.64. The molecule has 0 radical (unpaired) electrons. The minimum absolute atomic E-state index is 0.105. The van der Waals surface area contributed by atoms with E-state index in [0.717, 1.165) is 0 Å². The first-order valence-electron chi connectivity index (χ1n) is 5.64. The molecule has 0 atom stereocenters. The predicted molar refractivity (Wildman–Crippen MR) is 67.6 cm³/mol. The summed E-state index contributed by atoms with van der Waals surface area (Å²) in [7, 11) is 0. The Hall–Kier alpha value is -2.64. The van der Waals surface area contributed by atoms with Crippen LogP contribution in [0.3, 0.4) is 0 Å². The van der Waals surface area contributed by atoms with Gasteiger partial charge in [-0.25, -0.2) is 0 Å². The molecule has 0 aliphatic carbocycles. The van der Waals surface area contributed by atoms with Gasteiger partial charge in [-0.3, -0.25) is 14.9 Å². The van der Waals surface area contributed by atoms with Gasteiger partial charge in [0.2, 0.25) is 5.91 Å². The third kappa shape index (κ3) is 2.97. The van der Waals surface area contributed by atoms with Crippen molar-refractivity contribution in [3.05, 3.63) is 28.3 Å². The smallest absolute Gasteiger partial charge is 0.298 e. The maximum Gasteiger partial charge on any atom is 0.298 e. The third-order valence-electron chi connectivity index (χ3n) is 2.47. The zero-order valence-electron chi connectivity index (χ0n) is 9.96. The van der Waals surface area contributed by atoms with E-state index in [2.05, 4.69) is 10.3 Å². The van der Waals surface area contributed by atoms with E-state index in [0.29, 0.717) is 18.5 Å². The number of hydrogen-bond donors (Lipinski definition) is 2. The van der Waals surface area contributed by atoms with Gasteiger partial charge in [0.1, 0.15) is 0 Å². The molecule has 1 heterocycles. The molecule has 19 heavy (non-hydrogen) atoms. The second kappa shape index (κ2) is 5.34. The van der Waals surface area contributed by atoms with Crippen LogP contribution >= 0.6 is 0 Å². The average Bonchev–Trinajstić information content (AvgIpc) is 2.76. The molecule has 8 heteroatoms. The van der Waals surface area contributed by atoms with E-state index in [9.17, 15) is 14.9 Å². The number of nitrogens with one attached hydrogen (secondary N) is 1. The Labute approximate surface area is 107 Å². The van der Waals surface area contributed by atoms with E-state index >= 15 is 0 Å². The minimum atomic E-state index is -0.512. The zero-order valence-corrected chi connectivity index (χ0v) is 9.96. The molecule has 2 rings (SSSR count). The lowest BCUT2D eigenvalue weighted by molar-refractivity contribution is -0.383. The Morgan fingerprint density at radius 2 is 2.32 bits per heavy atom. The summed E-state index contributed by atoms with van der Waals surface area (Å²) in [5, 5.41) is 13.7. The van der Waals surface area contributed by atoms with Crippen molar-refractivity contribution in [2.45, 2.75) is 12.8 Å². The van der Waals surface area contributed by atoms with Crippen LogP contribution < -0.4 is 11.1 Å². The summed E-state index contributed by atoms with van der Waals surface area (Å²) in [6, 6.07) is 4.68. The molecule has 100 valence electrons. The van der Waals surface area contributed by atoms with Crippen molar-refractivity contribution in [3.63, 3.8) is 0 Å². The van der Waals surface area contributed by atoms with E-state index < -0.39 is 4.92 Å². The lowest BCUT2D eigenvalue weighted by Crippen LogP contribution is -2.12. The highest BCUT2D eigenvalue weighted by Gasteiger charge is 2.16. The number of rotatable bonds is 6. The number of aromatic nitrogens is 1.